The summed E-state index contributed by atoms with van der Waals surface area (Å²) in [7, 11) is -3.75. The van der Waals surface area contributed by atoms with Gasteiger partial charge in [-0.2, -0.15) is 0 Å². The molecule has 0 aliphatic carbocycles. The van der Waals surface area contributed by atoms with Gasteiger partial charge in [0, 0.05) is 15.2 Å². The molecule has 2 aromatic heterocycles. The van der Waals surface area contributed by atoms with E-state index in [1.165, 1.54) is 12.3 Å². The Morgan fingerprint density at radius 1 is 1.24 bits per heavy atom. The van der Waals surface area contributed by atoms with Crippen LogP contribution in [0.4, 0.5) is 4.39 Å². The number of nitrogens with zero attached hydrogens (tertiary/aromatic N) is 2. The molecule has 0 radical (unpaired) electrons. The average Bonchev–Trinajstić information content (AvgIpc) is 2.77. The van der Waals surface area contributed by atoms with Gasteiger partial charge in [-0.1, -0.05) is 17.7 Å². The van der Waals surface area contributed by atoms with Crippen LogP contribution in [0.25, 0.3) is 11.0 Å². The van der Waals surface area contributed by atoms with E-state index in [0.29, 0.717) is 8.96 Å². The van der Waals surface area contributed by atoms with E-state index in [0.717, 1.165) is 15.7 Å². The van der Waals surface area contributed by atoms with Gasteiger partial charge in [-0.3, -0.25) is 0 Å². The molecule has 0 spiro atoms. The van der Waals surface area contributed by atoms with Crippen molar-refractivity contribution in [1.29, 1.82) is 0 Å². The molecule has 7 heteroatoms. The van der Waals surface area contributed by atoms with Gasteiger partial charge in [0.05, 0.1) is 11.1 Å². The lowest BCUT2D eigenvalue weighted by atomic mass is 10.2. The summed E-state index contributed by atoms with van der Waals surface area (Å²) in [6.07, 6.45) is 2.46. The summed E-state index contributed by atoms with van der Waals surface area (Å²) in [5.41, 5.74) is 1.20. The zero-order valence-corrected chi connectivity index (χ0v) is 13.9. The van der Waals surface area contributed by atoms with Crippen LogP contribution in [0.2, 0.25) is 0 Å². The molecule has 0 bridgehead atoms. The summed E-state index contributed by atoms with van der Waals surface area (Å²) in [5, 5.41) is 0.478. The lowest BCUT2D eigenvalue weighted by Gasteiger charge is -2.07. The van der Waals surface area contributed by atoms with Crippen molar-refractivity contribution in [3.63, 3.8) is 0 Å². The Morgan fingerprint density at radius 3 is 2.57 bits per heavy atom. The first kappa shape index (κ1) is 14.5. The number of rotatable bonds is 2. The number of hydrogen-bond donors (Lipinski definition) is 0. The Balaban J connectivity index is 2.26. The van der Waals surface area contributed by atoms with Crippen molar-refractivity contribution in [2.24, 2.45) is 0 Å². The van der Waals surface area contributed by atoms with Crippen LogP contribution in [0.3, 0.4) is 0 Å². The molecule has 0 saturated carbocycles. The quantitative estimate of drug-likeness (QED) is 0.603. The minimum atomic E-state index is -3.75. The van der Waals surface area contributed by atoms with Crippen molar-refractivity contribution in [2.45, 2.75) is 11.8 Å². The van der Waals surface area contributed by atoms with Crippen molar-refractivity contribution < 1.29 is 12.8 Å². The Bertz CT molecular complexity index is 934. The van der Waals surface area contributed by atoms with E-state index in [2.05, 4.69) is 4.98 Å². The summed E-state index contributed by atoms with van der Waals surface area (Å²) in [6, 6.07) is 7.85. The first-order valence-corrected chi connectivity index (χ1v) is 8.56. The van der Waals surface area contributed by atoms with Gasteiger partial charge in [0.15, 0.2) is 5.65 Å². The summed E-state index contributed by atoms with van der Waals surface area (Å²) >= 11 is 1.97. The summed E-state index contributed by atoms with van der Waals surface area (Å²) in [4.78, 5) is 4.09. The van der Waals surface area contributed by atoms with Crippen molar-refractivity contribution in [2.75, 3.05) is 0 Å². The normalized spacial score (nSPS) is 12.0. The molecule has 1 aromatic carbocycles. The maximum absolute atomic E-state index is 13.3. The molecule has 0 amide bonds. The second-order valence-electron chi connectivity index (χ2n) is 4.62. The SMILES string of the molecule is Cc1ccc(S(=O)(=O)n2cc(I)c3cc(F)cnc32)cc1. The van der Waals surface area contributed by atoms with Crippen LogP contribution in [-0.2, 0) is 10.0 Å². The highest BCUT2D eigenvalue weighted by molar-refractivity contribution is 14.1. The second-order valence-corrected chi connectivity index (χ2v) is 7.59. The summed E-state index contributed by atoms with van der Waals surface area (Å²) < 4.78 is 40.4. The van der Waals surface area contributed by atoms with Gasteiger partial charge in [-0.25, -0.2) is 21.8 Å². The predicted molar refractivity (Wildman–Crippen MR) is 86.2 cm³/mol. The molecule has 0 N–H and O–H groups in total. The highest BCUT2D eigenvalue weighted by atomic mass is 127. The van der Waals surface area contributed by atoms with E-state index < -0.39 is 15.8 Å². The van der Waals surface area contributed by atoms with Gasteiger partial charge < -0.3 is 0 Å². The Hall–Kier alpha value is -1.48. The van der Waals surface area contributed by atoms with E-state index >= 15 is 0 Å². The first-order chi connectivity index (χ1) is 9.89. The molecule has 4 nitrogen and oxygen atoms in total. The third kappa shape index (κ3) is 2.44. The van der Waals surface area contributed by atoms with Crippen LogP contribution in [0.1, 0.15) is 5.56 Å². The summed E-state index contributed by atoms with van der Waals surface area (Å²) in [5.74, 6) is -0.495. The van der Waals surface area contributed by atoms with Gasteiger partial charge in [-0.15, -0.1) is 0 Å². The van der Waals surface area contributed by atoms with Crippen molar-refractivity contribution in [1.82, 2.24) is 8.96 Å². The molecule has 0 atom stereocenters. The monoisotopic (exact) mass is 416 g/mol. The zero-order chi connectivity index (χ0) is 15.2. The van der Waals surface area contributed by atoms with Gasteiger partial charge in [0.2, 0.25) is 0 Å². The highest BCUT2D eigenvalue weighted by Crippen LogP contribution is 2.26. The second kappa shape index (κ2) is 5.06. The van der Waals surface area contributed by atoms with Crippen LogP contribution in [0, 0.1) is 16.3 Å². The number of aromatic nitrogens is 2. The fourth-order valence-electron chi connectivity index (χ4n) is 2.02. The zero-order valence-electron chi connectivity index (χ0n) is 10.9. The van der Waals surface area contributed by atoms with Crippen LogP contribution < -0.4 is 0 Å². The topological polar surface area (TPSA) is 52.0 Å². The van der Waals surface area contributed by atoms with Crippen molar-refractivity contribution in [3.05, 3.63) is 57.7 Å². The smallest absolute Gasteiger partial charge is 0.234 e. The molecular weight excluding hydrogens is 406 g/mol. The molecule has 0 saturated heterocycles. The maximum atomic E-state index is 13.3. The number of aryl methyl sites for hydroxylation is 1. The molecule has 0 fully saturated rings. The number of pyridine rings is 1. The molecular formula is C14H10FIN2O2S. The van der Waals surface area contributed by atoms with Gasteiger partial charge >= 0.3 is 0 Å². The van der Waals surface area contributed by atoms with E-state index in [1.54, 1.807) is 24.3 Å². The predicted octanol–water partition coefficient (Wildman–Crippen LogP) is 3.33. The van der Waals surface area contributed by atoms with E-state index in [-0.39, 0.29) is 10.5 Å². The minimum Gasteiger partial charge on any atom is -0.234 e. The fourth-order valence-corrected chi connectivity index (χ4v) is 4.21. The number of halogens is 2. The number of hydrogen-bond acceptors (Lipinski definition) is 3. The van der Waals surface area contributed by atoms with Crippen molar-refractivity contribution in [3.8, 4) is 0 Å². The fraction of sp³-hybridized carbons (Fsp3) is 0.0714. The molecule has 3 aromatic rings. The van der Waals surface area contributed by atoms with Crippen molar-refractivity contribution >= 4 is 43.6 Å². The molecule has 108 valence electrons. The van der Waals surface area contributed by atoms with E-state index in [4.69, 9.17) is 0 Å². The maximum Gasteiger partial charge on any atom is 0.269 e. The molecule has 2 heterocycles. The standard InChI is InChI=1S/C14H10FIN2O2S/c1-9-2-4-11(5-3-9)21(19,20)18-8-13(16)12-6-10(15)7-17-14(12)18/h2-8H,1H3. The van der Waals surface area contributed by atoms with Gasteiger partial charge in [0.1, 0.15) is 5.82 Å². The molecule has 0 aliphatic rings. The van der Waals surface area contributed by atoms with Crippen LogP contribution in [-0.4, -0.2) is 17.4 Å². The number of benzene rings is 1. The average molecular weight is 416 g/mol. The summed E-state index contributed by atoms with van der Waals surface area (Å²) in [6.45, 7) is 1.88. The lowest BCUT2D eigenvalue weighted by molar-refractivity contribution is 0.588. The largest absolute Gasteiger partial charge is 0.269 e. The Morgan fingerprint density at radius 2 is 1.90 bits per heavy atom. The van der Waals surface area contributed by atoms with Gasteiger partial charge in [0.25, 0.3) is 10.0 Å². The van der Waals surface area contributed by atoms with Crippen LogP contribution in [0.5, 0.6) is 0 Å². The first-order valence-electron chi connectivity index (χ1n) is 6.04. The highest BCUT2D eigenvalue weighted by Gasteiger charge is 2.21. The molecule has 21 heavy (non-hydrogen) atoms. The van der Waals surface area contributed by atoms with E-state index in [9.17, 15) is 12.8 Å². The minimum absolute atomic E-state index is 0.174. The number of fused-ring (bicyclic) bond motifs is 1. The third-order valence-electron chi connectivity index (χ3n) is 3.11. The Labute approximate surface area is 134 Å². The third-order valence-corrected chi connectivity index (χ3v) is 5.63. The molecule has 0 aliphatic heterocycles. The van der Waals surface area contributed by atoms with Crippen LogP contribution >= 0.6 is 22.6 Å². The van der Waals surface area contributed by atoms with Crippen LogP contribution in [0.15, 0.2) is 47.6 Å². The van der Waals surface area contributed by atoms with E-state index in [1.807, 2.05) is 29.5 Å². The van der Waals surface area contributed by atoms with Gasteiger partial charge in [-0.05, 0) is 47.7 Å². The molecule has 3 rings (SSSR count). The lowest BCUT2D eigenvalue weighted by Crippen LogP contribution is -2.12. The Kier molecular flexibility index (Phi) is 3.48. The molecule has 0 unspecified atom stereocenters.